The van der Waals surface area contributed by atoms with Gasteiger partial charge in [-0.25, -0.2) is 4.98 Å². The molecule has 2 aromatic rings. The van der Waals surface area contributed by atoms with Crippen molar-refractivity contribution >= 4 is 38.9 Å². The molecular weight excluding hydrogens is 350 g/mol. The lowest BCUT2D eigenvalue weighted by molar-refractivity contribution is -0.118. The highest BCUT2D eigenvalue weighted by Gasteiger charge is 2.25. The van der Waals surface area contributed by atoms with Crippen LogP contribution in [0, 0.1) is 0 Å². The zero-order chi connectivity index (χ0) is 15.6. The third-order valence-corrected chi connectivity index (χ3v) is 4.90. The number of aromatic nitrogens is 1. The number of para-hydroxylation sites is 1. The van der Waals surface area contributed by atoms with E-state index >= 15 is 0 Å². The van der Waals surface area contributed by atoms with Crippen molar-refractivity contribution in [3.8, 4) is 0 Å². The van der Waals surface area contributed by atoms with E-state index in [1.807, 2.05) is 29.6 Å². The number of carbonyl (C=O) groups excluding carboxylic acids is 1. The summed E-state index contributed by atoms with van der Waals surface area (Å²) in [6.07, 6.45) is 0. The Hall–Kier alpha value is -1.40. The van der Waals surface area contributed by atoms with E-state index in [2.05, 4.69) is 47.0 Å². The van der Waals surface area contributed by atoms with Gasteiger partial charge in [0.25, 0.3) is 0 Å². The molecule has 0 aliphatic rings. The summed E-state index contributed by atoms with van der Waals surface area (Å²) in [5.74, 6) is -0.448. The van der Waals surface area contributed by atoms with Gasteiger partial charge < -0.3 is 11.1 Å². The molecule has 1 aromatic heterocycles. The summed E-state index contributed by atoms with van der Waals surface area (Å²) >= 11 is 5.00. The molecule has 21 heavy (non-hydrogen) atoms. The normalized spacial score (nSPS) is 13.0. The molecule has 0 radical (unpaired) electrons. The zero-order valence-corrected chi connectivity index (χ0v) is 14.6. The first-order valence-corrected chi connectivity index (χ1v) is 8.22. The van der Waals surface area contributed by atoms with Crippen molar-refractivity contribution in [2.75, 3.05) is 5.32 Å². The maximum atomic E-state index is 11.8. The van der Waals surface area contributed by atoms with Crippen LogP contribution in [-0.2, 0) is 10.2 Å². The van der Waals surface area contributed by atoms with E-state index in [4.69, 9.17) is 5.73 Å². The molecule has 1 unspecified atom stereocenters. The molecule has 0 saturated heterocycles. The first-order chi connectivity index (χ1) is 9.79. The maximum Gasteiger partial charge on any atom is 0.246 e. The number of halogens is 1. The standard InChI is InChI=1S/C15H18BrN3OS/c1-15(2,3)14-19-11(8-21-14)12(13(17)20)18-10-7-5-4-6-9(10)16/h4-8,12,18H,1-3H3,(H2,17,20). The highest BCUT2D eigenvalue weighted by atomic mass is 79.9. The summed E-state index contributed by atoms with van der Waals surface area (Å²) in [7, 11) is 0. The Labute approximate surface area is 136 Å². The molecule has 6 heteroatoms. The van der Waals surface area contributed by atoms with Gasteiger partial charge in [-0.15, -0.1) is 11.3 Å². The number of thiazole rings is 1. The Kier molecular flexibility index (Phi) is 4.68. The van der Waals surface area contributed by atoms with Crippen LogP contribution in [-0.4, -0.2) is 10.9 Å². The molecule has 112 valence electrons. The molecule has 1 amide bonds. The second-order valence-electron chi connectivity index (χ2n) is 5.79. The minimum absolute atomic E-state index is 0.0432. The summed E-state index contributed by atoms with van der Waals surface area (Å²) in [6.45, 7) is 6.28. The van der Waals surface area contributed by atoms with Gasteiger partial charge in [-0.05, 0) is 28.1 Å². The second kappa shape index (κ2) is 6.15. The minimum Gasteiger partial charge on any atom is -0.368 e. The van der Waals surface area contributed by atoms with Crippen LogP contribution in [0.2, 0.25) is 0 Å². The molecular formula is C15H18BrN3OS. The van der Waals surface area contributed by atoms with Gasteiger partial charge >= 0.3 is 0 Å². The third-order valence-electron chi connectivity index (χ3n) is 2.92. The average molecular weight is 368 g/mol. The second-order valence-corrected chi connectivity index (χ2v) is 7.50. The predicted molar refractivity (Wildman–Crippen MR) is 90.5 cm³/mol. The van der Waals surface area contributed by atoms with Gasteiger partial charge in [-0.1, -0.05) is 32.9 Å². The number of carbonyl (C=O) groups is 1. The first kappa shape index (κ1) is 16.0. The Bertz CT molecular complexity index is 648. The molecule has 0 bridgehead atoms. The predicted octanol–water partition coefficient (Wildman–Crippen LogP) is 3.84. The van der Waals surface area contributed by atoms with Crippen LogP contribution < -0.4 is 11.1 Å². The highest BCUT2D eigenvalue weighted by Crippen LogP contribution is 2.30. The number of hydrogen-bond acceptors (Lipinski definition) is 4. The maximum absolute atomic E-state index is 11.8. The van der Waals surface area contributed by atoms with Crippen molar-refractivity contribution in [2.24, 2.45) is 5.73 Å². The van der Waals surface area contributed by atoms with Crippen molar-refractivity contribution in [1.82, 2.24) is 4.98 Å². The lowest BCUT2D eigenvalue weighted by Crippen LogP contribution is -2.28. The van der Waals surface area contributed by atoms with Gasteiger partial charge in [-0.2, -0.15) is 0 Å². The summed E-state index contributed by atoms with van der Waals surface area (Å²) < 4.78 is 0.877. The van der Waals surface area contributed by atoms with E-state index < -0.39 is 11.9 Å². The summed E-state index contributed by atoms with van der Waals surface area (Å²) in [6, 6.07) is 6.96. The van der Waals surface area contributed by atoms with Crippen molar-refractivity contribution in [3.63, 3.8) is 0 Å². The number of nitrogens with zero attached hydrogens (tertiary/aromatic N) is 1. The molecule has 1 heterocycles. The molecule has 0 saturated carbocycles. The fourth-order valence-corrected chi connectivity index (χ4v) is 3.12. The number of anilines is 1. The Morgan fingerprint density at radius 3 is 2.57 bits per heavy atom. The lowest BCUT2D eigenvalue weighted by atomic mass is 9.98. The molecule has 1 aromatic carbocycles. The van der Waals surface area contributed by atoms with Crippen molar-refractivity contribution < 1.29 is 4.79 Å². The van der Waals surface area contributed by atoms with E-state index in [9.17, 15) is 4.79 Å². The van der Waals surface area contributed by atoms with Gasteiger partial charge in [0.15, 0.2) is 0 Å². The van der Waals surface area contributed by atoms with Crippen LogP contribution in [0.25, 0.3) is 0 Å². The average Bonchev–Trinajstić information content (AvgIpc) is 2.86. The van der Waals surface area contributed by atoms with Gasteiger partial charge in [0.05, 0.1) is 10.7 Å². The van der Waals surface area contributed by atoms with Crippen molar-refractivity contribution in [1.29, 1.82) is 0 Å². The third kappa shape index (κ3) is 3.83. The Balaban J connectivity index is 2.30. The minimum atomic E-state index is -0.643. The van der Waals surface area contributed by atoms with Crippen LogP contribution in [0.3, 0.4) is 0 Å². The number of primary amides is 1. The highest BCUT2D eigenvalue weighted by molar-refractivity contribution is 9.10. The van der Waals surface area contributed by atoms with E-state index in [1.165, 1.54) is 0 Å². The Morgan fingerprint density at radius 1 is 1.38 bits per heavy atom. The molecule has 0 aliphatic heterocycles. The first-order valence-electron chi connectivity index (χ1n) is 6.55. The number of nitrogens with two attached hydrogens (primary N) is 1. The molecule has 4 nitrogen and oxygen atoms in total. The van der Waals surface area contributed by atoms with Gasteiger partial charge in [0, 0.05) is 21.0 Å². The summed E-state index contributed by atoms with van der Waals surface area (Å²) in [5.41, 5.74) is 6.96. The topological polar surface area (TPSA) is 68.0 Å². The van der Waals surface area contributed by atoms with E-state index in [0.29, 0.717) is 5.69 Å². The van der Waals surface area contributed by atoms with Gasteiger partial charge in [0.2, 0.25) is 5.91 Å². The monoisotopic (exact) mass is 367 g/mol. The van der Waals surface area contributed by atoms with Crippen molar-refractivity contribution in [3.05, 3.63) is 44.8 Å². The fourth-order valence-electron chi connectivity index (χ4n) is 1.79. The zero-order valence-electron chi connectivity index (χ0n) is 12.2. The molecule has 0 fully saturated rings. The molecule has 0 spiro atoms. The van der Waals surface area contributed by atoms with Crippen LogP contribution in [0.4, 0.5) is 5.69 Å². The van der Waals surface area contributed by atoms with Gasteiger partial charge in [0.1, 0.15) is 6.04 Å². The molecule has 0 aliphatic carbocycles. The molecule has 2 rings (SSSR count). The van der Waals surface area contributed by atoms with E-state index in [0.717, 1.165) is 15.2 Å². The fraction of sp³-hybridized carbons (Fsp3) is 0.333. The van der Waals surface area contributed by atoms with Crippen molar-refractivity contribution in [2.45, 2.75) is 32.2 Å². The smallest absolute Gasteiger partial charge is 0.246 e. The Morgan fingerprint density at radius 2 is 2.05 bits per heavy atom. The van der Waals surface area contributed by atoms with Crippen LogP contribution in [0.1, 0.15) is 37.5 Å². The lowest BCUT2D eigenvalue weighted by Gasteiger charge is -2.17. The van der Waals surface area contributed by atoms with E-state index in [1.54, 1.807) is 11.3 Å². The number of hydrogen-bond donors (Lipinski definition) is 2. The van der Waals surface area contributed by atoms with Crippen LogP contribution in [0.15, 0.2) is 34.1 Å². The summed E-state index contributed by atoms with van der Waals surface area (Å²) in [5, 5.41) is 6.02. The number of rotatable bonds is 4. The van der Waals surface area contributed by atoms with Gasteiger partial charge in [-0.3, -0.25) is 4.79 Å². The number of amides is 1. The molecule has 1 atom stereocenters. The SMILES string of the molecule is CC(C)(C)c1nc(C(Nc2ccccc2Br)C(N)=O)cs1. The van der Waals surface area contributed by atoms with Crippen LogP contribution >= 0.6 is 27.3 Å². The van der Waals surface area contributed by atoms with E-state index in [-0.39, 0.29) is 5.41 Å². The quantitative estimate of drug-likeness (QED) is 0.862. The largest absolute Gasteiger partial charge is 0.368 e. The number of nitrogens with one attached hydrogen (secondary N) is 1. The molecule has 3 N–H and O–H groups in total. The van der Waals surface area contributed by atoms with Crippen LogP contribution in [0.5, 0.6) is 0 Å². The number of benzene rings is 1. The summed E-state index contributed by atoms with van der Waals surface area (Å²) in [4.78, 5) is 16.4.